The standard InChI is InChI=1S/C19H18ClN2O/c1-19(2,3)14-6-10-16(11-7-14)22-17(12-18(23)21-22)13-4-8-15(20)9-5-13/h4-12H,1-3H3. The van der Waals surface area contributed by atoms with Gasteiger partial charge in [-0.15, -0.1) is 5.10 Å². The number of rotatable bonds is 2. The molecule has 0 N–H and O–H groups in total. The second-order valence-electron chi connectivity index (χ2n) is 6.58. The first kappa shape index (κ1) is 15.6. The van der Waals surface area contributed by atoms with Crippen LogP contribution >= 0.6 is 11.6 Å². The van der Waals surface area contributed by atoms with E-state index in [1.54, 1.807) is 22.9 Å². The zero-order chi connectivity index (χ0) is 16.6. The summed E-state index contributed by atoms with van der Waals surface area (Å²) in [6.45, 7) is 6.51. The Bertz CT molecular complexity index is 812. The summed E-state index contributed by atoms with van der Waals surface area (Å²) in [5.41, 5.74) is 3.86. The van der Waals surface area contributed by atoms with E-state index in [4.69, 9.17) is 11.6 Å². The molecule has 0 bridgehead atoms. The van der Waals surface area contributed by atoms with Gasteiger partial charge in [0, 0.05) is 16.7 Å². The van der Waals surface area contributed by atoms with Gasteiger partial charge in [-0.1, -0.05) is 56.6 Å². The van der Waals surface area contributed by atoms with E-state index in [2.05, 4.69) is 38.0 Å². The molecule has 0 spiro atoms. The van der Waals surface area contributed by atoms with E-state index >= 15 is 0 Å². The van der Waals surface area contributed by atoms with E-state index in [0.29, 0.717) is 5.02 Å². The second-order valence-corrected chi connectivity index (χ2v) is 7.02. The minimum absolute atomic E-state index is 0.0886. The van der Waals surface area contributed by atoms with E-state index in [1.807, 2.05) is 24.3 Å². The molecule has 1 aromatic heterocycles. The largest absolute Gasteiger partial charge is 0.288 e. The third kappa shape index (κ3) is 3.25. The molecule has 0 atom stereocenters. The summed E-state index contributed by atoms with van der Waals surface area (Å²) < 4.78 is 1.68. The molecule has 0 aliphatic carbocycles. The van der Waals surface area contributed by atoms with E-state index in [1.165, 1.54) is 5.56 Å². The molecule has 0 aliphatic heterocycles. The molecule has 4 heteroatoms. The number of benzene rings is 2. The normalized spacial score (nSPS) is 11.7. The lowest BCUT2D eigenvalue weighted by Gasteiger charge is -2.19. The van der Waals surface area contributed by atoms with Crippen LogP contribution < -0.4 is 0 Å². The Morgan fingerprint density at radius 3 is 2.13 bits per heavy atom. The Morgan fingerprint density at radius 2 is 1.57 bits per heavy atom. The number of aromatic nitrogens is 2. The molecule has 2 aromatic carbocycles. The van der Waals surface area contributed by atoms with Crippen molar-refractivity contribution in [2.45, 2.75) is 26.2 Å². The Hall–Kier alpha value is -2.26. The van der Waals surface area contributed by atoms with Crippen LogP contribution in [-0.4, -0.2) is 9.78 Å². The van der Waals surface area contributed by atoms with Crippen LogP contribution in [0.2, 0.25) is 5.02 Å². The van der Waals surface area contributed by atoms with Crippen LogP contribution in [0.15, 0.2) is 54.6 Å². The molecular weight excluding hydrogens is 308 g/mol. The monoisotopic (exact) mass is 325 g/mol. The first-order valence-corrected chi connectivity index (χ1v) is 7.86. The lowest BCUT2D eigenvalue weighted by atomic mass is 9.87. The van der Waals surface area contributed by atoms with Crippen molar-refractivity contribution in [1.82, 2.24) is 9.78 Å². The summed E-state index contributed by atoms with van der Waals surface area (Å²) in [5.74, 6) is -0.255. The summed E-state index contributed by atoms with van der Waals surface area (Å²) in [5, 5.41) is 16.6. The van der Waals surface area contributed by atoms with E-state index < -0.39 is 0 Å². The third-order valence-corrected chi connectivity index (χ3v) is 4.06. The topological polar surface area (TPSA) is 37.7 Å². The molecule has 0 unspecified atom stereocenters. The Morgan fingerprint density at radius 1 is 0.957 bits per heavy atom. The molecule has 0 amide bonds. The molecule has 1 radical (unpaired) electrons. The van der Waals surface area contributed by atoms with Crippen LogP contribution in [0.1, 0.15) is 26.3 Å². The lowest BCUT2D eigenvalue weighted by Crippen LogP contribution is -2.11. The van der Waals surface area contributed by atoms with Gasteiger partial charge in [0.05, 0.1) is 11.4 Å². The fraction of sp³-hybridized carbons (Fsp3) is 0.211. The Labute approximate surface area is 141 Å². The van der Waals surface area contributed by atoms with Crippen LogP contribution in [0, 0.1) is 0 Å². The molecule has 3 rings (SSSR count). The highest BCUT2D eigenvalue weighted by atomic mass is 35.5. The predicted molar refractivity (Wildman–Crippen MR) is 92.8 cm³/mol. The maximum Gasteiger partial charge on any atom is 0.288 e. The van der Waals surface area contributed by atoms with E-state index in [0.717, 1.165) is 16.9 Å². The summed E-state index contributed by atoms with van der Waals surface area (Å²) >= 11 is 5.94. The van der Waals surface area contributed by atoms with Crippen molar-refractivity contribution in [1.29, 1.82) is 0 Å². The van der Waals surface area contributed by atoms with Crippen LogP contribution in [0.4, 0.5) is 0 Å². The quantitative estimate of drug-likeness (QED) is 0.601. The molecule has 3 aromatic rings. The average molecular weight is 326 g/mol. The number of nitrogens with zero attached hydrogens (tertiary/aromatic N) is 2. The maximum absolute atomic E-state index is 11.8. The smallest absolute Gasteiger partial charge is 0.266 e. The first-order valence-electron chi connectivity index (χ1n) is 7.48. The number of hydrogen-bond donors (Lipinski definition) is 0. The van der Waals surface area contributed by atoms with Gasteiger partial charge in [-0.25, -0.2) is 4.68 Å². The molecular formula is C19H18ClN2O. The van der Waals surface area contributed by atoms with E-state index in [9.17, 15) is 5.11 Å². The van der Waals surface area contributed by atoms with Gasteiger partial charge < -0.3 is 0 Å². The van der Waals surface area contributed by atoms with Gasteiger partial charge >= 0.3 is 0 Å². The van der Waals surface area contributed by atoms with Crippen LogP contribution in [0.3, 0.4) is 0 Å². The molecule has 3 nitrogen and oxygen atoms in total. The van der Waals surface area contributed by atoms with Crippen molar-refractivity contribution in [2.75, 3.05) is 0 Å². The highest BCUT2D eigenvalue weighted by Gasteiger charge is 2.15. The first-order chi connectivity index (χ1) is 10.8. The molecule has 0 aliphatic rings. The van der Waals surface area contributed by atoms with Crippen molar-refractivity contribution >= 4 is 11.6 Å². The van der Waals surface area contributed by atoms with Crippen molar-refractivity contribution in [3.63, 3.8) is 0 Å². The fourth-order valence-electron chi connectivity index (χ4n) is 2.49. The summed E-state index contributed by atoms with van der Waals surface area (Å²) in [6.07, 6.45) is 0. The molecule has 23 heavy (non-hydrogen) atoms. The van der Waals surface area contributed by atoms with Crippen LogP contribution in [0.5, 0.6) is 5.88 Å². The van der Waals surface area contributed by atoms with Crippen molar-refractivity contribution in [3.05, 3.63) is 65.2 Å². The van der Waals surface area contributed by atoms with Crippen LogP contribution in [-0.2, 0) is 10.5 Å². The van der Waals surface area contributed by atoms with Crippen LogP contribution in [0.25, 0.3) is 16.9 Å². The van der Waals surface area contributed by atoms with Gasteiger partial charge in [0.15, 0.2) is 0 Å². The number of hydrogen-bond acceptors (Lipinski definition) is 1. The van der Waals surface area contributed by atoms with Gasteiger partial charge in [-0.05, 0) is 35.2 Å². The molecule has 117 valence electrons. The number of halogens is 1. The molecule has 1 heterocycles. The molecule has 0 saturated heterocycles. The van der Waals surface area contributed by atoms with Gasteiger partial charge in [0.1, 0.15) is 0 Å². The second kappa shape index (κ2) is 5.74. The Balaban J connectivity index is 2.05. The van der Waals surface area contributed by atoms with Gasteiger partial charge in [0.2, 0.25) is 0 Å². The molecule has 0 fully saturated rings. The maximum atomic E-state index is 11.8. The SMILES string of the molecule is CC(C)(C)c1ccc(-n2nc([O])cc2-c2ccc(Cl)cc2)cc1. The summed E-state index contributed by atoms with van der Waals surface area (Å²) in [4.78, 5) is 0. The molecule has 0 saturated carbocycles. The minimum atomic E-state index is -0.255. The minimum Gasteiger partial charge on any atom is -0.266 e. The predicted octanol–water partition coefficient (Wildman–Crippen LogP) is 5.63. The highest BCUT2D eigenvalue weighted by molar-refractivity contribution is 6.30. The van der Waals surface area contributed by atoms with Gasteiger partial charge in [-0.3, -0.25) is 5.11 Å². The Kier molecular flexibility index (Phi) is 3.90. The zero-order valence-electron chi connectivity index (χ0n) is 13.4. The lowest BCUT2D eigenvalue weighted by molar-refractivity contribution is 0.334. The van der Waals surface area contributed by atoms with Gasteiger partial charge in [0.25, 0.3) is 5.88 Å². The third-order valence-electron chi connectivity index (χ3n) is 3.80. The fourth-order valence-corrected chi connectivity index (χ4v) is 2.61. The average Bonchev–Trinajstić information content (AvgIpc) is 2.89. The van der Waals surface area contributed by atoms with Gasteiger partial charge in [-0.2, -0.15) is 0 Å². The van der Waals surface area contributed by atoms with Crippen molar-refractivity contribution < 1.29 is 5.11 Å². The summed E-state index contributed by atoms with van der Waals surface area (Å²) in [6, 6.07) is 17.1. The van der Waals surface area contributed by atoms with E-state index in [-0.39, 0.29) is 11.3 Å². The highest BCUT2D eigenvalue weighted by Crippen LogP contribution is 2.29. The van der Waals surface area contributed by atoms with Crippen molar-refractivity contribution in [3.8, 4) is 22.8 Å². The summed E-state index contributed by atoms with van der Waals surface area (Å²) in [7, 11) is 0. The van der Waals surface area contributed by atoms with Crippen molar-refractivity contribution in [2.24, 2.45) is 0 Å². The zero-order valence-corrected chi connectivity index (χ0v) is 14.1.